The van der Waals surface area contributed by atoms with Crippen LogP contribution in [0.25, 0.3) is 0 Å². The van der Waals surface area contributed by atoms with E-state index in [9.17, 15) is 18.0 Å². The molecule has 0 saturated carbocycles. The number of ether oxygens (including phenoxy) is 1. The fourth-order valence-corrected chi connectivity index (χ4v) is 4.57. The number of hydrogen-bond acceptors (Lipinski definition) is 6. The van der Waals surface area contributed by atoms with Crippen LogP contribution in [0.5, 0.6) is 0 Å². The van der Waals surface area contributed by atoms with Gasteiger partial charge in [-0.1, -0.05) is 6.07 Å². The normalized spacial score (nSPS) is 22.3. The molecule has 1 aliphatic rings. The Morgan fingerprint density at radius 3 is 2.71 bits per heavy atom. The first-order valence-corrected chi connectivity index (χ1v) is 8.62. The largest absolute Gasteiger partial charge is 0.467 e. The van der Waals surface area contributed by atoms with Crippen molar-refractivity contribution in [3.05, 3.63) is 17.5 Å². The summed E-state index contributed by atoms with van der Waals surface area (Å²) in [5, 5.41) is 1.67. The molecule has 116 valence electrons. The zero-order valence-electron chi connectivity index (χ0n) is 11.6. The van der Waals surface area contributed by atoms with Gasteiger partial charge in [0, 0.05) is 19.5 Å². The predicted molar refractivity (Wildman–Crippen MR) is 76.2 cm³/mol. The Hall–Kier alpha value is -1.45. The number of nitrogens with zero attached hydrogens (tertiary/aromatic N) is 1. The van der Waals surface area contributed by atoms with Crippen molar-refractivity contribution in [3.63, 3.8) is 0 Å². The van der Waals surface area contributed by atoms with Crippen LogP contribution in [-0.2, 0) is 24.3 Å². The molecule has 2 atom stereocenters. The van der Waals surface area contributed by atoms with Crippen molar-refractivity contribution in [2.75, 3.05) is 13.7 Å². The summed E-state index contributed by atoms with van der Waals surface area (Å²) in [6.07, 6.45) is 0.205. The first kappa shape index (κ1) is 15.9. The maximum Gasteiger partial charge on any atom is 0.328 e. The molecule has 1 aliphatic heterocycles. The highest BCUT2D eigenvalue weighted by Crippen LogP contribution is 2.22. The molecular weight excluding hydrogens is 316 g/mol. The minimum atomic E-state index is -3.63. The second-order valence-corrected chi connectivity index (χ2v) is 7.58. The molecule has 21 heavy (non-hydrogen) atoms. The lowest BCUT2D eigenvalue weighted by atomic mass is 10.2. The van der Waals surface area contributed by atoms with E-state index >= 15 is 0 Å². The topological polar surface area (TPSA) is 92.8 Å². The number of likely N-dealkylation sites (tertiary alicyclic amines) is 1. The molecule has 1 aromatic heterocycles. The monoisotopic (exact) mass is 332 g/mol. The van der Waals surface area contributed by atoms with Crippen molar-refractivity contribution in [1.29, 1.82) is 0 Å². The van der Waals surface area contributed by atoms with Gasteiger partial charge < -0.3 is 9.64 Å². The maximum atomic E-state index is 12.2. The summed E-state index contributed by atoms with van der Waals surface area (Å²) in [6.45, 7) is 1.49. The zero-order chi connectivity index (χ0) is 15.6. The molecular formula is C12H16N2O5S2. The van der Waals surface area contributed by atoms with Crippen LogP contribution < -0.4 is 4.72 Å². The van der Waals surface area contributed by atoms with Crippen molar-refractivity contribution in [3.8, 4) is 0 Å². The van der Waals surface area contributed by atoms with E-state index in [2.05, 4.69) is 9.46 Å². The number of carbonyl (C=O) groups is 2. The Balaban J connectivity index is 2.13. The van der Waals surface area contributed by atoms with E-state index in [-0.39, 0.29) is 23.1 Å². The minimum absolute atomic E-state index is 0.152. The number of nitrogens with one attached hydrogen (secondary N) is 1. The molecule has 0 spiro atoms. The number of methoxy groups -OCH3 is 1. The van der Waals surface area contributed by atoms with Gasteiger partial charge in [0.1, 0.15) is 10.3 Å². The van der Waals surface area contributed by atoms with E-state index < -0.39 is 28.1 Å². The quantitative estimate of drug-likeness (QED) is 0.795. The summed E-state index contributed by atoms with van der Waals surface area (Å²) in [7, 11) is -2.39. The van der Waals surface area contributed by atoms with Gasteiger partial charge in [0.05, 0.1) is 7.11 Å². The molecule has 1 fully saturated rings. The zero-order valence-corrected chi connectivity index (χ0v) is 13.2. The lowest BCUT2D eigenvalue weighted by Gasteiger charge is -2.20. The van der Waals surface area contributed by atoms with Crippen LogP contribution in [-0.4, -0.2) is 50.9 Å². The standard InChI is InChI=1S/C12H16N2O5S2/c1-8(15)14-7-9(6-10(14)12(16)19-2)13-21(17,18)11-4-3-5-20-11/h3-5,9-10,13H,6-7H2,1-2H3. The second kappa shape index (κ2) is 6.12. The van der Waals surface area contributed by atoms with E-state index in [0.29, 0.717) is 0 Å². The highest BCUT2D eigenvalue weighted by Gasteiger charge is 2.40. The van der Waals surface area contributed by atoms with Crippen LogP contribution in [0.1, 0.15) is 13.3 Å². The highest BCUT2D eigenvalue weighted by atomic mass is 32.2. The lowest BCUT2D eigenvalue weighted by Crippen LogP contribution is -2.40. The van der Waals surface area contributed by atoms with E-state index in [1.54, 1.807) is 11.4 Å². The fraction of sp³-hybridized carbons (Fsp3) is 0.500. The summed E-state index contributed by atoms with van der Waals surface area (Å²) in [4.78, 5) is 24.6. The van der Waals surface area contributed by atoms with E-state index in [4.69, 9.17) is 0 Å². The molecule has 2 rings (SSSR count). The number of hydrogen-bond donors (Lipinski definition) is 1. The smallest absolute Gasteiger partial charge is 0.328 e. The number of esters is 1. The molecule has 0 bridgehead atoms. The number of rotatable bonds is 4. The van der Waals surface area contributed by atoms with E-state index in [1.165, 1.54) is 25.0 Å². The van der Waals surface area contributed by atoms with E-state index in [1.807, 2.05) is 0 Å². The van der Waals surface area contributed by atoms with Gasteiger partial charge in [0.15, 0.2) is 0 Å². The predicted octanol–water partition coefficient (Wildman–Crippen LogP) is 0.189. The van der Waals surface area contributed by atoms with Crippen molar-refractivity contribution >= 4 is 33.2 Å². The third kappa shape index (κ3) is 3.42. The summed E-state index contributed by atoms with van der Waals surface area (Å²) < 4.78 is 31.7. The molecule has 1 N–H and O–H groups in total. The Bertz CT molecular complexity index is 626. The minimum Gasteiger partial charge on any atom is -0.467 e. The van der Waals surface area contributed by atoms with Gasteiger partial charge in [0.25, 0.3) is 0 Å². The van der Waals surface area contributed by atoms with Gasteiger partial charge in [-0.25, -0.2) is 17.9 Å². The van der Waals surface area contributed by atoms with Gasteiger partial charge in [-0.05, 0) is 17.9 Å². The Morgan fingerprint density at radius 2 is 2.19 bits per heavy atom. The molecule has 2 unspecified atom stereocenters. The summed E-state index contributed by atoms with van der Waals surface area (Å²) in [6, 6.07) is 1.89. The molecule has 0 aliphatic carbocycles. The molecule has 0 aromatic carbocycles. The molecule has 0 radical (unpaired) electrons. The average molecular weight is 332 g/mol. The number of carbonyl (C=O) groups excluding carboxylic acids is 2. The molecule has 1 aromatic rings. The first-order chi connectivity index (χ1) is 9.85. The van der Waals surface area contributed by atoms with Gasteiger partial charge in [-0.15, -0.1) is 11.3 Å². The molecule has 7 nitrogen and oxygen atoms in total. The van der Waals surface area contributed by atoms with Crippen LogP contribution >= 0.6 is 11.3 Å². The Kier molecular flexibility index (Phi) is 4.64. The summed E-state index contributed by atoms with van der Waals surface area (Å²) in [5.74, 6) is -0.828. The van der Waals surface area contributed by atoms with Crippen molar-refractivity contribution in [2.45, 2.75) is 29.6 Å². The third-order valence-electron chi connectivity index (χ3n) is 3.26. The summed E-state index contributed by atoms with van der Waals surface area (Å²) >= 11 is 1.11. The molecule has 2 heterocycles. The van der Waals surface area contributed by atoms with Crippen molar-refractivity contribution < 1.29 is 22.7 Å². The van der Waals surface area contributed by atoms with Gasteiger partial charge >= 0.3 is 5.97 Å². The van der Waals surface area contributed by atoms with Gasteiger partial charge in [0.2, 0.25) is 15.9 Å². The van der Waals surface area contributed by atoms with Crippen LogP contribution in [0.3, 0.4) is 0 Å². The fourth-order valence-electron chi connectivity index (χ4n) is 2.32. The highest BCUT2D eigenvalue weighted by molar-refractivity contribution is 7.91. The number of amides is 1. The SMILES string of the molecule is COC(=O)C1CC(NS(=O)(=O)c2cccs2)CN1C(C)=O. The molecule has 1 amide bonds. The molecule has 9 heteroatoms. The Labute approximate surface area is 126 Å². The van der Waals surface area contributed by atoms with E-state index in [0.717, 1.165) is 11.3 Å². The van der Waals surface area contributed by atoms with Crippen LogP contribution in [0.15, 0.2) is 21.7 Å². The number of sulfonamides is 1. The summed E-state index contributed by atoms with van der Waals surface area (Å²) in [5.41, 5.74) is 0. The number of thiophene rings is 1. The molecule has 1 saturated heterocycles. The van der Waals surface area contributed by atoms with Crippen LogP contribution in [0.4, 0.5) is 0 Å². The van der Waals surface area contributed by atoms with Crippen molar-refractivity contribution in [2.24, 2.45) is 0 Å². The van der Waals surface area contributed by atoms with Crippen LogP contribution in [0.2, 0.25) is 0 Å². The average Bonchev–Trinajstić information content (AvgIpc) is 3.06. The second-order valence-electron chi connectivity index (χ2n) is 4.70. The maximum absolute atomic E-state index is 12.2. The van der Waals surface area contributed by atoms with Gasteiger partial charge in [-0.3, -0.25) is 4.79 Å². The van der Waals surface area contributed by atoms with Gasteiger partial charge in [-0.2, -0.15) is 0 Å². The lowest BCUT2D eigenvalue weighted by molar-refractivity contribution is -0.150. The third-order valence-corrected chi connectivity index (χ3v) is 6.18. The van der Waals surface area contributed by atoms with Crippen molar-refractivity contribution in [1.82, 2.24) is 9.62 Å². The van der Waals surface area contributed by atoms with Crippen LogP contribution in [0, 0.1) is 0 Å². The first-order valence-electron chi connectivity index (χ1n) is 6.26. The Morgan fingerprint density at radius 1 is 1.48 bits per heavy atom.